The van der Waals surface area contributed by atoms with Gasteiger partial charge in [-0.15, -0.1) is 11.3 Å². The highest BCUT2D eigenvalue weighted by molar-refractivity contribution is 8.19. The molecule has 1 unspecified atom stereocenters. The molecule has 0 radical (unpaired) electrons. The normalized spacial score (nSPS) is 17.7. The van der Waals surface area contributed by atoms with Crippen LogP contribution in [0.15, 0.2) is 43.8 Å². The molecule has 1 aromatic heterocycles. The van der Waals surface area contributed by atoms with Gasteiger partial charge in [-0.05, 0) is 37.4 Å². The summed E-state index contributed by atoms with van der Waals surface area (Å²) in [6.45, 7) is 3.59. The Labute approximate surface area is 188 Å². The molecule has 1 atom stereocenters. The average molecular weight is 515 g/mol. The second-order valence-electron chi connectivity index (χ2n) is 6.16. The number of hydrogen-bond donors (Lipinski definition) is 2. The van der Waals surface area contributed by atoms with Gasteiger partial charge in [0.2, 0.25) is 0 Å². The SMILES string of the molecule is CC1=C(S(=O)(=O)Nc2cc(Cl)c(Cl)cc2NS(=O)(=O)c2cccs2)SC(C)N1C. The van der Waals surface area contributed by atoms with Gasteiger partial charge in [-0.1, -0.05) is 41.0 Å². The second-order valence-corrected chi connectivity index (χ2v) is 13.0. The molecule has 7 nitrogen and oxygen atoms in total. The van der Waals surface area contributed by atoms with Crippen molar-refractivity contribution < 1.29 is 16.8 Å². The molecule has 2 N–H and O–H groups in total. The Balaban J connectivity index is 2.01. The quantitative estimate of drug-likeness (QED) is 0.575. The summed E-state index contributed by atoms with van der Waals surface area (Å²) in [4.78, 5) is 1.84. The van der Waals surface area contributed by atoms with E-state index in [1.165, 1.54) is 30.0 Å². The smallest absolute Gasteiger partial charge is 0.271 e. The predicted octanol–water partition coefficient (Wildman–Crippen LogP) is 4.81. The van der Waals surface area contributed by atoms with Crippen LogP contribution in [0.5, 0.6) is 0 Å². The Morgan fingerprint density at radius 2 is 1.59 bits per heavy atom. The molecule has 13 heteroatoms. The lowest BCUT2D eigenvalue weighted by molar-refractivity contribution is 0.422. The van der Waals surface area contributed by atoms with E-state index in [1.807, 2.05) is 11.8 Å². The van der Waals surface area contributed by atoms with Crippen LogP contribution in [-0.2, 0) is 20.0 Å². The number of halogens is 2. The van der Waals surface area contributed by atoms with Crippen molar-refractivity contribution in [3.63, 3.8) is 0 Å². The van der Waals surface area contributed by atoms with E-state index in [1.54, 1.807) is 25.4 Å². The molecule has 0 bridgehead atoms. The molecule has 1 aliphatic rings. The van der Waals surface area contributed by atoms with Gasteiger partial charge in [-0.3, -0.25) is 9.44 Å². The largest absolute Gasteiger partial charge is 0.365 e. The van der Waals surface area contributed by atoms with Crippen LogP contribution in [0.2, 0.25) is 10.0 Å². The second kappa shape index (κ2) is 8.20. The van der Waals surface area contributed by atoms with Crippen LogP contribution >= 0.6 is 46.3 Å². The van der Waals surface area contributed by atoms with Crippen LogP contribution in [-0.4, -0.2) is 34.2 Å². The number of nitrogens with zero attached hydrogens (tertiary/aromatic N) is 1. The number of allylic oxidation sites excluding steroid dienone is 1. The Bertz CT molecular complexity index is 1180. The van der Waals surface area contributed by atoms with Crippen molar-refractivity contribution in [2.24, 2.45) is 0 Å². The summed E-state index contributed by atoms with van der Waals surface area (Å²) >= 11 is 14.3. The van der Waals surface area contributed by atoms with Crippen LogP contribution in [0, 0.1) is 0 Å². The van der Waals surface area contributed by atoms with Gasteiger partial charge in [0, 0.05) is 12.7 Å². The highest BCUT2D eigenvalue weighted by Gasteiger charge is 2.33. The number of benzene rings is 1. The Morgan fingerprint density at radius 3 is 2.03 bits per heavy atom. The average Bonchev–Trinajstić information content (AvgIpc) is 3.25. The molecular weight excluding hydrogens is 497 g/mol. The number of anilines is 2. The summed E-state index contributed by atoms with van der Waals surface area (Å²) in [5, 5.41) is 1.74. The van der Waals surface area contributed by atoms with Gasteiger partial charge < -0.3 is 4.90 Å². The number of hydrogen-bond acceptors (Lipinski definition) is 7. The van der Waals surface area contributed by atoms with E-state index in [-0.39, 0.29) is 35.2 Å². The molecule has 0 aliphatic carbocycles. The van der Waals surface area contributed by atoms with Gasteiger partial charge in [0.25, 0.3) is 20.0 Å². The van der Waals surface area contributed by atoms with Crippen molar-refractivity contribution in [3.8, 4) is 0 Å². The van der Waals surface area contributed by atoms with E-state index >= 15 is 0 Å². The maximum Gasteiger partial charge on any atom is 0.271 e. The third-order valence-corrected chi connectivity index (χ3v) is 11.1. The van der Waals surface area contributed by atoms with E-state index in [0.29, 0.717) is 5.70 Å². The van der Waals surface area contributed by atoms with Gasteiger partial charge in [-0.2, -0.15) is 0 Å². The number of thiophene rings is 1. The zero-order valence-corrected chi connectivity index (χ0v) is 20.2. The van der Waals surface area contributed by atoms with E-state index in [0.717, 1.165) is 11.3 Å². The first-order valence-corrected chi connectivity index (χ1v) is 13.6. The van der Waals surface area contributed by atoms with Crippen LogP contribution in [0.1, 0.15) is 13.8 Å². The Kier molecular flexibility index (Phi) is 6.38. The molecule has 0 saturated carbocycles. The molecule has 2 aromatic rings. The molecule has 1 aliphatic heterocycles. The van der Waals surface area contributed by atoms with Crippen LogP contribution in [0.4, 0.5) is 11.4 Å². The van der Waals surface area contributed by atoms with Crippen molar-refractivity contribution in [1.82, 2.24) is 4.90 Å². The van der Waals surface area contributed by atoms with Gasteiger partial charge in [-0.25, -0.2) is 16.8 Å². The zero-order chi connectivity index (χ0) is 21.6. The molecule has 0 saturated heterocycles. The lowest BCUT2D eigenvalue weighted by Gasteiger charge is -2.17. The minimum Gasteiger partial charge on any atom is -0.365 e. The molecule has 2 heterocycles. The topological polar surface area (TPSA) is 95.6 Å². The van der Waals surface area contributed by atoms with Crippen molar-refractivity contribution in [2.45, 2.75) is 23.4 Å². The first-order valence-electron chi connectivity index (χ1n) is 8.11. The lowest BCUT2D eigenvalue weighted by atomic mass is 10.3. The molecule has 158 valence electrons. The summed E-state index contributed by atoms with van der Waals surface area (Å²) in [6, 6.07) is 5.58. The molecule has 29 heavy (non-hydrogen) atoms. The number of rotatable bonds is 6. The van der Waals surface area contributed by atoms with Crippen molar-refractivity contribution in [2.75, 3.05) is 16.5 Å². The van der Waals surface area contributed by atoms with Gasteiger partial charge in [0.1, 0.15) is 8.45 Å². The fourth-order valence-electron chi connectivity index (χ4n) is 2.51. The first kappa shape index (κ1) is 22.6. The Hall–Kier alpha value is -1.11. The molecule has 1 aromatic carbocycles. The summed E-state index contributed by atoms with van der Waals surface area (Å²) in [5.41, 5.74) is 0.539. The summed E-state index contributed by atoms with van der Waals surface area (Å²) in [6.07, 6.45) is 0. The minimum absolute atomic E-state index is 0.0253. The molecule has 3 rings (SSSR count). The van der Waals surface area contributed by atoms with E-state index in [4.69, 9.17) is 23.2 Å². The summed E-state index contributed by atoms with van der Waals surface area (Å²) < 4.78 is 56.2. The highest BCUT2D eigenvalue weighted by atomic mass is 35.5. The van der Waals surface area contributed by atoms with E-state index in [2.05, 4.69) is 9.44 Å². The minimum atomic E-state index is -3.97. The highest BCUT2D eigenvalue weighted by Crippen LogP contribution is 2.42. The monoisotopic (exact) mass is 513 g/mol. The van der Waals surface area contributed by atoms with Crippen LogP contribution in [0.3, 0.4) is 0 Å². The summed E-state index contributed by atoms with van der Waals surface area (Å²) in [7, 11) is -6.09. The molecule has 0 spiro atoms. The summed E-state index contributed by atoms with van der Waals surface area (Å²) in [5.74, 6) is 0. The molecule has 0 amide bonds. The van der Waals surface area contributed by atoms with Crippen LogP contribution in [0.25, 0.3) is 0 Å². The first-order chi connectivity index (χ1) is 13.4. The van der Waals surface area contributed by atoms with E-state index in [9.17, 15) is 16.8 Å². The lowest BCUT2D eigenvalue weighted by Crippen LogP contribution is -2.19. The molecule has 0 fully saturated rings. The van der Waals surface area contributed by atoms with Crippen molar-refractivity contribution in [1.29, 1.82) is 0 Å². The Morgan fingerprint density at radius 1 is 1.03 bits per heavy atom. The standard InChI is InChI=1S/C16H17Cl2N3O4S4/c1-9-16(27-10(2)21(9)3)29(24,25)20-14-8-12(18)11(17)7-13(14)19-28(22,23)15-5-4-6-26-15/h4-8,10,19-20H,1-3H3. The third-order valence-electron chi connectivity index (χ3n) is 4.20. The zero-order valence-electron chi connectivity index (χ0n) is 15.4. The van der Waals surface area contributed by atoms with Gasteiger partial charge >= 0.3 is 0 Å². The van der Waals surface area contributed by atoms with Crippen LogP contribution < -0.4 is 9.44 Å². The number of sulfonamides is 2. The van der Waals surface area contributed by atoms with Gasteiger partial charge in [0.05, 0.1) is 26.8 Å². The van der Waals surface area contributed by atoms with E-state index < -0.39 is 20.0 Å². The molecular formula is C16H17Cl2N3O4S4. The van der Waals surface area contributed by atoms with Crippen molar-refractivity contribution >= 4 is 77.7 Å². The number of thioether (sulfide) groups is 1. The number of nitrogens with one attached hydrogen (secondary N) is 2. The maximum absolute atomic E-state index is 13.0. The predicted molar refractivity (Wildman–Crippen MR) is 122 cm³/mol. The maximum atomic E-state index is 13.0. The fourth-order valence-corrected chi connectivity index (χ4v) is 7.98. The fraction of sp³-hybridized carbons (Fsp3) is 0.250. The van der Waals surface area contributed by atoms with Gasteiger partial charge in [0.15, 0.2) is 0 Å². The third kappa shape index (κ3) is 4.64. The van der Waals surface area contributed by atoms with Crippen molar-refractivity contribution in [3.05, 3.63) is 49.6 Å².